The van der Waals surface area contributed by atoms with E-state index in [0.717, 1.165) is 12.5 Å². The van der Waals surface area contributed by atoms with E-state index in [1.807, 2.05) is 0 Å². The third kappa shape index (κ3) is 2.40. The predicted molar refractivity (Wildman–Crippen MR) is 87.4 cm³/mol. The lowest BCUT2D eigenvalue weighted by Gasteiger charge is -2.28. The highest BCUT2D eigenvalue weighted by Crippen LogP contribution is 2.45. The zero-order valence-electron chi connectivity index (χ0n) is 12.7. The SMILES string of the molecule is CCCCC(CC)c1nn2c(c1Br)NCC1CCCC12. The van der Waals surface area contributed by atoms with Crippen LogP contribution < -0.4 is 5.32 Å². The van der Waals surface area contributed by atoms with E-state index in [4.69, 9.17) is 5.10 Å². The van der Waals surface area contributed by atoms with Gasteiger partial charge in [0.15, 0.2) is 0 Å². The molecule has 0 bridgehead atoms. The smallest absolute Gasteiger partial charge is 0.139 e. The number of unbranched alkanes of at least 4 members (excludes halogenated alkanes) is 1. The van der Waals surface area contributed by atoms with Gasteiger partial charge in [0.25, 0.3) is 0 Å². The Balaban J connectivity index is 1.90. The Hall–Kier alpha value is -0.510. The zero-order chi connectivity index (χ0) is 14.1. The summed E-state index contributed by atoms with van der Waals surface area (Å²) < 4.78 is 3.53. The molecule has 2 aliphatic rings. The quantitative estimate of drug-likeness (QED) is 0.808. The van der Waals surface area contributed by atoms with Crippen molar-refractivity contribution < 1.29 is 0 Å². The second-order valence-corrected chi connectivity index (χ2v) is 7.17. The molecule has 3 atom stereocenters. The van der Waals surface area contributed by atoms with Crippen molar-refractivity contribution in [2.24, 2.45) is 5.92 Å². The first kappa shape index (κ1) is 14.4. The van der Waals surface area contributed by atoms with Crippen LogP contribution in [0.3, 0.4) is 0 Å². The number of anilines is 1. The average Bonchev–Trinajstić information content (AvgIpc) is 3.05. The van der Waals surface area contributed by atoms with Gasteiger partial charge in [0.1, 0.15) is 5.82 Å². The third-order valence-corrected chi connectivity index (χ3v) is 5.91. The topological polar surface area (TPSA) is 29.9 Å². The fourth-order valence-electron chi connectivity index (χ4n) is 3.88. The van der Waals surface area contributed by atoms with E-state index < -0.39 is 0 Å². The van der Waals surface area contributed by atoms with Crippen molar-refractivity contribution in [1.82, 2.24) is 9.78 Å². The predicted octanol–water partition coefficient (Wildman–Crippen LogP) is 5.10. The molecule has 4 heteroatoms. The summed E-state index contributed by atoms with van der Waals surface area (Å²) in [5.41, 5.74) is 1.29. The number of fused-ring (bicyclic) bond motifs is 3. The number of nitrogens with zero attached hydrogens (tertiary/aromatic N) is 2. The Bertz CT molecular complexity index is 469. The minimum absolute atomic E-state index is 0.601. The molecule has 3 unspecified atom stereocenters. The number of rotatable bonds is 5. The van der Waals surface area contributed by atoms with Gasteiger partial charge >= 0.3 is 0 Å². The van der Waals surface area contributed by atoms with Gasteiger partial charge in [-0.1, -0.05) is 33.1 Å². The monoisotopic (exact) mass is 339 g/mol. The highest BCUT2D eigenvalue weighted by Gasteiger charge is 2.36. The number of aromatic nitrogens is 2. The third-order valence-electron chi connectivity index (χ3n) is 5.13. The Morgan fingerprint density at radius 2 is 2.25 bits per heavy atom. The highest BCUT2D eigenvalue weighted by atomic mass is 79.9. The molecule has 0 radical (unpaired) electrons. The molecule has 3 nitrogen and oxygen atoms in total. The molecule has 0 aromatic carbocycles. The van der Waals surface area contributed by atoms with Gasteiger partial charge in [-0.2, -0.15) is 5.10 Å². The van der Waals surface area contributed by atoms with Gasteiger partial charge in [0.05, 0.1) is 16.2 Å². The summed E-state index contributed by atoms with van der Waals surface area (Å²) in [4.78, 5) is 0. The molecule has 1 fully saturated rings. The van der Waals surface area contributed by atoms with Crippen LogP contribution in [0, 0.1) is 5.92 Å². The fraction of sp³-hybridized carbons (Fsp3) is 0.812. The summed E-state index contributed by atoms with van der Waals surface area (Å²) in [6.07, 6.45) is 9.03. The second kappa shape index (κ2) is 6.08. The molecule has 112 valence electrons. The van der Waals surface area contributed by atoms with E-state index in [2.05, 4.69) is 39.8 Å². The first-order valence-electron chi connectivity index (χ1n) is 8.28. The lowest BCUT2D eigenvalue weighted by Crippen LogP contribution is -2.29. The first-order chi connectivity index (χ1) is 9.76. The van der Waals surface area contributed by atoms with Crippen LogP contribution in [0.25, 0.3) is 0 Å². The summed E-state index contributed by atoms with van der Waals surface area (Å²) in [6, 6.07) is 0.639. The van der Waals surface area contributed by atoms with Crippen LogP contribution in [0.2, 0.25) is 0 Å². The number of nitrogens with one attached hydrogen (secondary N) is 1. The van der Waals surface area contributed by atoms with Gasteiger partial charge in [-0.05, 0) is 47.5 Å². The summed E-state index contributed by atoms with van der Waals surface area (Å²) >= 11 is 3.82. The van der Waals surface area contributed by atoms with E-state index >= 15 is 0 Å². The van der Waals surface area contributed by atoms with Crippen molar-refractivity contribution in [2.45, 2.75) is 70.8 Å². The highest BCUT2D eigenvalue weighted by molar-refractivity contribution is 9.10. The molecular weight excluding hydrogens is 314 g/mol. The van der Waals surface area contributed by atoms with Gasteiger partial charge in [0.2, 0.25) is 0 Å². The van der Waals surface area contributed by atoms with E-state index in [1.165, 1.54) is 60.9 Å². The minimum Gasteiger partial charge on any atom is -0.369 e. The van der Waals surface area contributed by atoms with E-state index in [-0.39, 0.29) is 0 Å². The molecule has 2 heterocycles. The van der Waals surface area contributed by atoms with Crippen molar-refractivity contribution in [3.8, 4) is 0 Å². The molecule has 1 aromatic heterocycles. The van der Waals surface area contributed by atoms with Crippen molar-refractivity contribution in [3.63, 3.8) is 0 Å². The largest absolute Gasteiger partial charge is 0.369 e. The average molecular weight is 340 g/mol. The molecule has 1 aliphatic carbocycles. The van der Waals surface area contributed by atoms with Crippen LogP contribution in [0.1, 0.15) is 76.4 Å². The molecule has 3 rings (SSSR count). The molecular formula is C16H26BrN3. The maximum atomic E-state index is 5.02. The summed E-state index contributed by atoms with van der Waals surface area (Å²) in [7, 11) is 0. The molecule has 1 saturated carbocycles. The molecule has 1 aromatic rings. The first-order valence-corrected chi connectivity index (χ1v) is 9.07. The fourth-order valence-corrected chi connectivity index (χ4v) is 4.61. The maximum absolute atomic E-state index is 5.02. The lowest BCUT2D eigenvalue weighted by atomic mass is 9.96. The Morgan fingerprint density at radius 3 is 3.00 bits per heavy atom. The second-order valence-electron chi connectivity index (χ2n) is 6.38. The van der Waals surface area contributed by atoms with Gasteiger partial charge < -0.3 is 5.32 Å². The zero-order valence-corrected chi connectivity index (χ0v) is 14.2. The minimum atomic E-state index is 0.601. The van der Waals surface area contributed by atoms with E-state index in [1.54, 1.807) is 0 Å². The Kier molecular flexibility index (Phi) is 4.39. The molecule has 0 saturated heterocycles. The van der Waals surface area contributed by atoms with Gasteiger partial charge in [-0.15, -0.1) is 0 Å². The Labute approximate surface area is 130 Å². The van der Waals surface area contributed by atoms with Crippen LogP contribution in [0.15, 0.2) is 4.47 Å². The molecule has 20 heavy (non-hydrogen) atoms. The van der Waals surface area contributed by atoms with Crippen LogP contribution in [0.5, 0.6) is 0 Å². The van der Waals surface area contributed by atoms with Crippen molar-refractivity contribution >= 4 is 21.7 Å². The van der Waals surface area contributed by atoms with Crippen LogP contribution >= 0.6 is 15.9 Å². The number of halogens is 1. The van der Waals surface area contributed by atoms with Crippen LogP contribution in [-0.4, -0.2) is 16.3 Å². The summed E-state index contributed by atoms with van der Waals surface area (Å²) in [6.45, 7) is 5.68. The standard InChI is InChI=1S/C16H26BrN3/c1-3-5-7-11(4-2)15-14(17)16-18-10-12-8-6-9-13(12)20(16)19-15/h11-13,18H,3-10H2,1-2H3. The molecule has 1 N–H and O–H groups in total. The van der Waals surface area contributed by atoms with Crippen molar-refractivity contribution in [2.75, 3.05) is 11.9 Å². The van der Waals surface area contributed by atoms with Crippen LogP contribution in [0.4, 0.5) is 5.82 Å². The van der Waals surface area contributed by atoms with Gasteiger partial charge in [0, 0.05) is 12.5 Å². The van der Waals surface area contributed by atoms with Gasteiger partial charge in [-0.3, -0.25) is 0 Å². The molecule has 1 aliphatic heterocycles. The van der Waals surface area contributed by atoms with Crippen LogP contribution in [-0.2, 0) is 0 Å². The lowest BCUT2D eigenvalue weighted by molar-refractivity contribution is 0.344. The van der Waals surface area contributed by atoms with E-state index in [9.17, 15) is 0 Å². The van der Waals surface area contributed by atoms with Crippen molar-refractivity contribution in [3.05, 3.63) is 10.2 Å². The maximum Gasteiger partial charge on any atom is 0.139 e. The summed E-state index contributed by atoms with van der Waals surface area (Å²) in [5.74, 6) is 2.63. The molecule has 0 amide bonds. The Morgan fingerprint density at radius 1 is 1.40 bits per heavy atom. The number of hydrogen-bond donors (Lipinski definition) is 1. The number of hydrogen-bond acceptors (Lipinski definition) is 2. The van der Waals surface area contributed by atoms with Crippen molar-refractivity contribution in [1.29, 1.82) is 0 Å². The summed E-state index contributed by atoms with van der Waals surface area (Å²) in [5, 5.41) is 8.64. The van der Waals surface area contributed by atoms with E-state index in [0.29, 0.717) is 12.0 Å². The normalized spacial score (nSPS) is 25.9. The molecule has 0 spiro atoms. The van der Waals surface area contributed by atoms with Gasteiger partial charge in [-0.25, -0.2) is 4.68 Å².